The maximum absolute atomic E-state index is 12.0. The minimum Gasteiger partial charge on any atom is -0.266 e. The van der Waals surface area contributed by atoms with Gasteiger partial charge in [0.25, 0.3) is 5.91 Å². The van der Waals surface area contributed by atoms with Crippen LogP contribution in [0.15, 0.2) is 35.4 Å². The molecule has 20 heavy (non-hydrogen) atoms. The fourth-order valence-corrected chi connectivity index (χ4v) is 3.59. The summed E-state index contributed by atoms with van der Waals surface area (Å²) in [6.07, 6.45) is 4.98. The normalized spacial score (nSPS) is 13.7. The number of hydrogen-bond acceptors (Lipinski definition) is 3. The lowest BCUT2D eigenvalue weighted by Crippen LogP contribution is -2.16. The first-order chi connectivity index (χ1) is 9.72. The van der Waals surface area contributed by atoms with Crippen LogP contribution < -0.4 is 5.43 Å². The van der Waals surface area contributed by atoms with Gasteiger partial charge in [-0.05, 0) is 48.6 Å². The molecule has 0 radical (unpaired) electrons. The number of carbonyl (C=O) groups is 1. The summed E-state index contributed by atoms with van der Waals surface area (Å²) in [5.41, 5.74) is 4.73. The molecule has 102 valence electrons. The number of nitrogens with one attached hydrogen (secondary N) is 1. The van der Waals surface area contributed by atoms with E-state index in [2.05, 4.69) is 10.5 Å². The Morgan fingerprint density at radius 2 is 2.25 bits per heavy atom. The van der Waals surface area contributed by atoms with Gasteiger partial charge in [-0.1, -0.05) is 23.7 Å². The molecule has 2 aromatic rings. The van der Waals surface area contributed by atoms with E-state index in [4.69, 9.17) is 11.6 Å². The standard InChI is InChI=1S/C15H13ClN2OS/c16-12-5-1-3-10(7-12)9-17-18-15(19)14-8-11-4-2-6-13(11)20-14/h1,3,5,7-9H,2,4,6H2,(H,18,19)/b17-9-. The minimum absolute atomic E-state index is 0.150. The Kier molecular flexibility index (Phi) is 3.85. The molecule has 1 aliphatic rings. The van der Waals surface area contributed by atoms with Gasteiger partial charge in [0.05, 0.1) is 11.1 Å². The van der Waals surface area contributed by atoms with Crippen LogP contribution in [-0.4, -0.2) is 12.1 Å². The highest BCUT2D eigenvalue weighted by molar-refractivity contribution is 7.14. The van der Waals surface area contributed by atoms with E-state index in [0.29, 0.717) is 5.02 Å². The second kappa shape index (κ2) is 5.77. The Morgan fingerprint density at radius 3 is 3.05 bits per heavy atom. The van der Waals surface area contributed by atoms with Crippen molar-refractivity contribution in [3.63, 3.8) is 0 Å². The van der Waals surface area contributed by atoms with Gasteiger partial charge < -0.3 is 0 Å². The topological polar surface area (TPSA) is 41.5 Å². The predicted molar refractivity (Wildman–Crippen MR) is 82.9 cm³/mol. The molecular weight excluding hydrogens is 292 g/mol. The summed E-state index contributed by atoms with van der Waals surface area (Å²) in [4.78, 5) is 14.0. The molecule has 3 rings (SSSR count). The van der Waals surface area contributed by atoms with E-state index < -0.39 is 0 Å². The first kappa shape index (κ1) is 13.3. The van der Waals surface area contributed by atoms with Gasteiger partial charge >= 0.3 is 0 Å². The molecule has 1 aromatic heterocycles. The zero-order valence-corrected chi connectivity index (χ0v) is 12.3. The predicted octanol–water partition coefficient (Wildman–Crippen LogP) is 3.65. The monoisotopic (exact) mass is 304 g/mol. The zero-order valence-electron chi connectivity index (χ0n) is 10.7. The van der Waals surface area contributed by atoms with Gasteiger partial charge in [-0.25, -0.2) is 5.43 Å². The van der Waals surface area contributed by atoms with Crippen molar-refractivity contribution >= 4 is 35.1 Å². The molecule has 5 heteroatoms. The number of amides is 1. The maximum Gasteiger partial charge on any atom is 0.281 e. The van der Waals surface area contributed by atoms with E-state index in [9.17, 15) is 4.79 Å². The number of benzene rings is 1. The zero-order chi connectivity index (χ0) is 13.9. The molecule has 3 nitrogen and oxygen atoms in total. The summed E-state index contributed by atoms with van der Waals surface area (Å²) in [7, 11) is 0. The van der Waals surface area contributed by atoms with Crippen LogP contribution in [0.5, 0.6) is 0 Å². The Labute approximate surface area is 126 Å². The molecular formula is C15H13ClN2OS. The molecule has 0 atom stereocenters. The third-order valence-corrected chi connectivity index (χ3v) is 4.67. The van der Waals surface area contributed by atoms with Gasteiger partial charge in [0.1, 0.15) is 0 Å². The van der Waals surface area contributed by atoms with Crippen LogP contribution >= 0.6 is 22.9 Å². The summed E-state index contributed by atoms with van der Waals surface area (Å²) in [5, 5.41) is 4.61. The Bertz CT molecular complexity index is 657. The quantitative estimate of drug-likeness (QED) is 0.682. The fraction of sp³-hybridized carbons (Fsp3) is 0.200. The van der Waals surface area contributed by atoms with Crippen LogP contribution in [0.3, 0.4) is 0 Å². The highest BCUT2D eigenvalue weighted by atomic mass is 35.5. The molecule has 1 aliphatic carbocycles. The van der Waals surface area contributed by atoms with Crippen molar-refractivity contribution in [1.82, 2.24) is 5.43 Å². The largest absolute Gasteiger partial charge is 0.281 e. The van der Waals surface area contributed by atoms with Crippen LogP contribution in [0.4, 0.5) is 0 Å². The number of halogens is 1. The smallest absolute Gasteiger partial charge is 0.266 e. The highest BCUT2D eigenvalue weighted by Gasteiger charge is 2.17. The lowest BCUT2D eigenvalue weighted by atomic mass is 10.2. The molecule has 0 fully saturated rings. The van der Waals surface area contributed by atoms with Gasteiger partial charge in [-0.15, -0.1) is 11.3 Å². The van der Waals surface area contributed by atoms with E-state index in [1.807, 2.05) is 18.2 Å². The minimum atomic E-state index is -0.150. The van der Waals surface area contributed by atoms with E-state index in [1.165, 1.54) is 16.9 Å². The number of nitrogens with zero attached hydrogens (tertiary/aromatic N) is 1. The van der Waals surface area contributed by atoms with E-state index in [1.54, 1.807) is 29.7 Å². The lowest BCUT2D eigenvalue weighted by molar-refractivity contribution is 0.0959. The van der Waals surface area contributed by atoms with E-state index >= 15 is 0 Å². The number of aryl methyl sites for hydroxylation is 2. The van der Waals surface area contributed by atoms with Gasteiger partial charge in [0.2, 0.25) is 0 Å². The molecule has 0 saturated heterocycles. The summed E-state index contributed by atoms with van der Waals surface area (Å²) in [5.74, 6) is -0.150. The van der Waals surface area contributed by atoms with Gasteiger partial charge in [0.15, 0.2) is 0 Å². The number of thiophene rings is 1. The summed E-state index contributed by atoms with van der Waals surface area (Å²) in [6.45, 7) is 0. The van der Waals surface area contributed by atoms with Gasteiger partial charge in [-0.2, -0.15) is 5.10 Å². The second-order valence-corrected chi connectivity index (χ2v) is 6.24. The van der Waals surface area contributed by atoms with Crippen molar-refractivity contribution in [3.05, 3.63) is 56.2 Å². The number of carbonyl (C=O) groups excluding carboxylic acids is 1. The molecule has 0 bridgehead atoms. The first-order valence-corrected chi connectivity index (χ1v) is 7.62. The Balaban J connectivity index is 1.64. The highest BCUT2D eigenvalue weighted by Crippen LogP contribution is 2.30. The summed E-state index contributed by atoms with van der Waals surface area (Å²) in [6, 6.07) is 9.29. The van der Waals surface area contributed by atoms with Gasteiger partial charge in [0, 0.05) is 9.90 Å². The Hall–Kier alpha value is -1.65. The number of hydrogen-bond donors (Lipinski definition) is 1. The van der Waals surface area contributed by atoms with Crippen LogP contribution in [-0.2, 0) is 12.8 Å². The molecule has 0 unspecified atom stereocenters. The molecule has 1 N–H and O–H groups in total. The number of fused-ring (bicyclic) bond motifs is 1. The van der Waals surface area contributed by atoms with Crippen molar-refractivity contribution in [2.45, 2.75) is 19.3 Å². The number of hydrazone groups is 1. The second-order valence-electron chi connectivity index (χ2n) is 4.67. The summed E-state index contributed by atoms with van der Waals surface area (Å²) >= 11 is 7.45. The van der Waals surface area contributed by atoms with Crippen molar-refractivity contribution < 1.29 is 4.79 Å². The summed E-state index contributed by atoms with van der Waals surface area (Å²) < 4.78 is 0. The van der Waals surface area contributed by atoms with Crippen molar-refractivity contribution in [2.75, 3.05) is 0 Å². The molecule has 0 aliphatic heterocycles. The van der Waals surface area contributed by atoms with Crippen molar-refractivity contribution in [2.24, 2.45) is 5.10 Å². The molecule has 1 heterocycles. The van der Waals surface area contributed by atoms with E-state index in [0.717, 1.165) is 23.3 Å². The van der Waals surface area contributed by atoms with Crippen LogP contribution in [0.25, 0.3) is 0 Å². The molecule has 0 spiro atoms. The van der Waals surface area contributed by atoms with Crippen LogP contribution in [0.1, 0.15) is 32.1 Å². The van der Waals surface area contributed by atoms with Crippen molar-refractivity contribution in [3.8, 4) is 0 Å². The Morgan fingerprint density at radius 1 is 1.35 bits per heavy atom. The molecule has 1 aromatic carbocycles. The van der Waals surface area contributed by atoms with Crippen molar-refractivity contribution in [1.29, 1.82) is 0 Å². The average Bonchev–Trinajstić information content (AvgIpc) is 2.99. The maximum atomic E-state index is 12.0. The average molecular weight is 305 g/mol. The van der Waals surface area contributed by atoms with Crippen LogP contribution in [0.2, 0.25) is 5.02 Å². The SMILES string of the molecule is O=C(N/N=C\c1cccc(Cl)c1)c1cc2c(s1)CCC2. The molecule has 0 saturated carbocycles. The van der Waals surface area contributed by atoms with Crippen LogP contribution in [0, 0.1) is 0 Å². The first-order valence-electron chi connectivity index (χ1n) is 6.43. The lowest BCUT2D eigenvalue weighted by Gasteiger charge is -1.97. The third-order valence-electron chi connectivity index (χ3n) is 3.20. The van der Waals surface area contributed by atoms with Gasteiger partial charge in [-0.3, -0.25) is 4.79 Å². The van der Waals surface area contributed by atoms with E-state index in [-0.39, 0.29) is 5.91 Å². The fourth-order valence-electron chi connectivity index (χ4n) is 2.25. The third kappa shape index (κ3) is 2.92. The molecule has 1 amide bonds. The number of rotatable bonds is 3.